The van der Waals surface area contributed by atoms with Crippen LogP contribution in [0.4, 0.5) is 5.69 Å². The summed E-state index contributed by atoms with van der Waals surface area (Å²) in [4.78, 5) is 14.5. The third-order valence-corrected chi connectivity index (χ3v) is 13.5. The molecule has 8 heteroatoms. The van der Waals surface area contributed by atoms with Crippen molar-refractivity contribution in [3.63, 3.8) is 0 Å². The van der Waals surface area contributed by atoms with Crippen LogP contribution in [0.15, 0.2) is 67.3 Å². The van der Waals surface area contributed by atoms with Crippen LogP contribution in [-0.2, 0) is 21.7 Å². The van der Waals surface area contributed by atoms with Crippen molar-refractivity contribution in [2.45, 2.75) is 93.7 Å². The average Bonchev–Trinajstić information content (AvgIpc) is 3.17. The smallest absolute Gasteiger partial charge is 0.248 e. The van der Waals surface area contributed by atoms with Gasteiger partial charge >= 0.3 is 0 Å². The molecule has 0 bridgehead atoms. The molecular weight excluding hydrogens is 584 g/mol. The highest BCUT2D eigenvalue weighted by Crippen LogP contribution is 2.49. The van der Waals surface area contributed by atoms with Crippen molar-refractivity contribution in [1.82, 2.24) is 0 Å². The summed E-state index contributed by atoms with van der Waals surface area (Å²) in [7, 11) is -3.58. The van der Waals surface area contributed by atoms with Crippen molar-refractivity contribution in [3.8, 4) is 5.75 Å². The topological polar surface area (TPSA) is 110 Å². The molecule has 1 spiro atoms. The number of rotatable bonds is 13. The predicted octanol–water partition coefficient (Wildman–Crippen LogP) is 6.14. The molecule has 2 aromatic rings. The average molecular weight is 635 g/mol. The zero-order valence-corrected chi connectivity index (χ0v) is 27.7. The fourth-order valence-corrected chi connectivity index (χ4v) is 10.7. The molecule has 1 aliphatic heterocycles. The number of primary amides is 1. The monoisotopic (exact) mass is 634 g/mol. The molecule has 1 heterocycles. The van der Waals surface area contributed by atoms with Gasteiger partial charge in [0, 0.05) is 18.7 Å². The number of amides is 1. The highest BCUT2D eigenvalue weighted by atomic mass is 32.2. The van der Waals surface area contributed by atoms with Crippen LogP contribution in [0.2, 0.25) is 0 Å². The number of aliphatic hydroxyl groups excluding tert-OH is 1. The highest BCUT2D eigenvalue weighted by Gasteiger charge is 2.55. The second-order valence-electron chi connectivity index (χ2n) is 13.3. The summed E-state index contributed by atoms with van der Waals surface area (Å²) in [6.45, 7) is 9.18. The summed E-state index contributed by atoms with van der Waals surface area (Å²) in [5, 5.41) is 9.96. The second-order valence-corrected chi connectivity index (χ2v) is 15.7. The highest BCUT2D eigenvalue weighted by molar-refractivity contribution is 7.92. The number of benzene rings is 2. The van der Waals surface area contributed by atoms with Gasteiger partial charge in [-0.15, -0.1) is 6.58 Å². The maximum absolute atomic E-state index is 14.7. The number of aliphatic hydroxyl groups is 1. The molecule has 1 saturated carbocycles. The van der Waals surface area contributed by atoms with Crippen molar-refractivity contribution >= 4 is 21.4 Å². The molecule has 0 radical (unpaired) electrons. The van der Waals surface area contributed by atoms with Crippen molar-refractivity contribution in [3.05, 3.63) is 84.0 Å². The quantitative estimate of drug-likeness (QED) is 0.256. The van der Waals surface area contributed by atoms with Gasteiger partial charge in [0.25, 0.3) is 0 Å². The molecule has 1 amide bonds. The second kappa shape index (κ2) is 14.1. The van der Waals surface area contributed by atoms with Crippen LogP contribution in [0, 0.1) is 11.8 Å². The van der Waals surface area contributed by atoms with Gasteiger partial charge in [-0.1, -0.05) is 62.8 Å². The van der Waals surface area contributed by atoms with Crippen LogP contribution in [-0.4, -0.2) is 55.7 Å². The molecule has 3 aliphatic rings. The van der Waals surface area contributed by atoms with Crippen LogP contribution >= 0.6 is 0 Å². The van der Waals surface area contributed by atoms with E-state index in [-0.39, 0.29) is 18.4 Å². The molecule has 6 atom stereocenters. The Morgan fingerprint density at radius 1 is 1.18 bits per heavy atom. The third-order valence-electron chi connectivity index (χ3n) is 10.6. The first-order valence-electron chi connectivity index (χ1n) is 16.7. The molecule has 2 unspecified atom stereocenters. The Bertz CT molecular complexity index is 1500. The molecule has 244 valence electrons. The zero-order chi connectivity index (χ0) is 32.2. The number of unbranched alkanes of at least 4 members (excludes halogenated alkanes) is 1. The predicted molar refractivity (Wildman–Crippen MR) is 182 cm³/mol. The van der Waals surface area contributed by atoms with Gasteiger partial charge in [0.15, 0.2) is 9.84 Å². The lowest BCUT2D eigenvalue weighted by atomic mass is 9.68. The van der Waals surface area contributed by atoms with E-state index < -0.39 is 37.8 Å². The van der Waals surface area contributed by atoms with E-state index in [1.54, 1.807) is 24.3 Å². The van der Waals surface area contributed by atoms with E-state index >= 15 is 0 Å². The number of aryl methyl sites for hydroxylation is 1. The minimum Gasteiger partial charge on any atom is -0.490 e. The Morgan fingerprint density at radius 3 is 2.67 bits per heavy atom. The van der Waals surface area contributed by atoms with Gasteiger partial charge in [-0.2, -0.15) is 0 Å². The maximum Gasteiger partial charge on any atom is 0.248 e. The SMILES string of the molecule is C=CCC[C@@H](CC)S(=O)(=O)C1CCc2ccccc2C12COc1ccc(C(N)=O)cc1N(C[C@@H]1CC[C@H]1[C@@H](O)/C=C/CCC)C2. The molecule has 0 aromatic heterocycles. The van der Waals surface area contributed by atoms with Crippen LogP contribution < -0.4 is 15.4 Å². The first-order chi connectivity index (χ1) is 21.7. The van der Waals surface area contributed by atoms with E-state index in [0.717, 1.165) is 42.5 Å². The number of hydrogen-bond donors (Lipinski definition) is 2. The summed E-state index contributed by atoms with van der Waals surface area (Å²) < 4.78 is 36.0. The number of nitrogens with two attached hydrogens (primary N) is 1. The van der Waals surface area contributed by atoms with Gasteiger partial charge < -0.3 is 20.5 Å². The molecule has 2 aliphatic carbocycles. The minimum atomic E-state index is -3.58. The van der Waals surface area contributed by atoms with Crippen LogP contribution in [0.1, 0.15) is 86.7 Å². The minimum absolute atomic E-state index is 0.113. The Kier molecular flexibility index (Phi) is 10.4. The first kappa shape index (κ1) is 33.3. The number of hydrogen-bond acceptors (Lipinski definition) is 6. The molecule has 2 aromatic carbocycles. The van der Waals surface area contributed by atoms with Gasteiger partial charge in [0.1, 0.15) is 12.4 Å². The van der Waals surface area contributed by atoms with Crippen molar-refractivity contribution in [2.24, 2.45) is 17.6 Å². The van der Waals surface area contributed by atoms with Crippen molar-refractivity contribution in [2.75, 3.05) is 24.6 Å². The van der Waals surface area contributed by atoms with Gasteiger partial charge in [-0.05, 0) is 92.5 Å². The Hall–Kier alpha value is -3.10. The van der Waals surface area contributed by atoms with E-state index in [2.05, 4.69) is 36.6 Å². The number of carbonyl (C=O) groups excluding carboxylic acids is 1. The van der Waals surface area contributed by atoms with Crippen molar-refractivity contribution < 1.29 is 23.1 Å². The number of carbonyl (C=O) groups is 1. The summed E-state index contributed by atoms with van der Waals surface area (Å²) in [5.41, 5.74) is 8.23. The Labute approximate surface area is 269 Å². The summed E-state index contributed by atoms with van der Waals surface area (Å²) >= 11 is 0. The van der Waals surface area contributed by atoms with E-state index in [1.165, 1.54) is 0 Å². The fourth-order valence-electron chi connectivity index (χ4n) is 7.91. The van der Waals surface area contributed by atoms with Crippen LogP contribution in [0.5, 0.6) is 5.75 Å². The first-order valence-corrected chi connectivity index (χ1v) is 18.4. The molecule has 5 rings (SSSR count). The molecule has 7 nitrogen and oxygen atoms in total. The standard InChI is InChI=1S/C37H50N2O5S/c1-4-7-9-15-33(40)30-19-16-28(30)23-39-24-37(25-44-34-20-17-27(36(38)41)22-32(34)39)31-14-11-10-12-26(31)18-21-35(37)45(42,43)29(6-3)13-8-5-2/h5,9-12,14-15,17,20,22,28-30,33,35,40H,2,4,6-8,13,16,18-19,21,23-25H2,1,3H3,(H2,38,41)/b15-9+/t28-,29+,30+,33-,35?,37?/m0/s1. The van der Waals surface area contributed by atoms with Crippen molar-refractivity contribution in [1.29, 1.82) is 0 Å². The lowest BCUT2D eigenvalue weighted by Crippen LogP contribution is -2.59. The van der Waals surface area contributed by atoms with Crippen LogP contribution in [0.25, 0.3) is 0 Å². The van der Waals surface area contributed by atoms with E-state index in [9.17, 15) is 18.3 Å². The fraction of sp³-hybridized carbons (Fsp3) is 0.541. The number of allylic oxidation sites excluding steroid dienone is 2. The lowest BCUT2D eigenvalue weighted by molar-refractivity contribution is 0.0456. The van der Waals surface area contributed by atoms with E-state index in [4.69, 9.17) is 10.5 Å². The van der Waals surface area contributed by atoms with Crippen LogP contribution in [0.3, 0.4) is 0 Å². The molecule has 0 saturated heterocycles. The van der Waals surface area contributed by atoms with Gasteiger partial charge in [-0.25, -0.2) is 8.42 Å². The summed E-state index contributed by atoms with van der Waals surface area (Å²) in [5.74, 6) is 0.416. The molecule has 45 heavy (non-hydrogen) atoms. The molecule has 3 N–H and O–H groups in total. The maximum atomic E-state index is 14.7. The molecule has 1 fully saturated rings. The number of ether oxygens (including phenoxy) is 1. The van der Waals surface area contributed by atoms with Gasteiger partial charge in [-0.3, -0.25) is 4.79 Å². The summed E-state index contributed by atoms with van der Waals surface area (Å²) in [6, 6.07) is 13.5. The number of sulfone groups is 1. The third kappa shape index (κ3) is 6.59. The van der Waals surface area contributed by atoms with E-state index in [0.29, 0.717) is 56.5 Å². The largest absolute Gasteiger partial charge is 0.490 e. The zero-order valence-electron chi connectivity index (χ0n) is 26.9. The summed E-state index contributed by atoms with van der Waals surface area (Å²) in [6.07, 6.45) is 12.1. The number of fused-ring (bicyclic) bond motifs is 3. The Morgan fingerprint density at radius 2 is 1.98 bits per heavy atom. The number of nitrogens with zero attached hydrogens (tertiary/aromatic N) is 1. The van der Waals surface area contributed by atoms with Gasteiger partial charge in [0.05, 0.1) is 27.7 Å². The normalized spacial score (nSPS) is 25.8. The molecular formula is C37H50N2O5S. The van der Waals surface area contributed by atoms with Gasteiger partial charge in [0.2, 0.25) is 5.91 Å². The lowest BCUT2D eigenvalue weighted by Gasteiger charge is -2.48. The Balaban J connectivity index is 1.60. The number of anilines is 1. The van der Waals surface area contributed by atoms with E-state index in [1.807, 2.05) is 25.1 Å².